The third-order valence-electron chi connectivity index (χ3n) is 7.07. The normalized spacial score (nSPS) is 29.8. The lowest BCUT2D eigenvalue weighted by Crippen LogP contribution is -2.53. The van der Waals surface area contributed by atoms with Crippen molar-refractivity contribution < 1.29 is 4.74 Å². The molecule has 1 N–H and O–H groups in total. The second kappa shape index (κ2) is 7.28. The van der Waals surface area contributed by atoms with Crippen LogP contribution in [0, 0.1) is 5.41 Å². The highest BCUT2D eigenvalue weighted by Gasteiger charge is 2.42. The summed E-state index contributed by atoms with van der Waals surface area (Å²) in [5.41, 5.74) is 2.29. The van der Waals surface area contributed by atoms with E-state index in [2.05, 4.69) is 34.5 Å². The van der Waals surface area contributed by atoms with Crippen LogP contribution < -0.4 is 10.1 Å². The quantitative estimate of drug-likeness (QED) is 0.896. The van der Waals surface area contributed by atoms with E-state index in [1.807, 2.05) is 7.11 Å². The van der Waals surface area contributed by atoms with E-state index in [1.54, 1.807) is 0 Å². The smallest absolute Gasteiger partial charge is 0.122 e. The van der Waals surface area contributed by atoms with Crippen molar-refractivity contribution in [1.29, 1.82) is 0 Å². The highest BCUT2D eigenvalue weighted by atomic mass is 16.5. The number of hydrogen-bond acceptors (Lipinski definition) is 3. The third kappa shape index (κ3) is 3.46. The molecule has 4 rings (SSSR count). The molecular weight excluding hydrogens is 308 g/mol. The Hall–Kier alpha value is -1.06. The molecule has 2 heterocycles. The minimum atomic E-state index is 0.299. The van der Waals surface area contributed by atoms with Crippen LogP contribution in [0.25, 0.3) is 0 Å². The zero-order chi connectivity index (χ0) is 17.2. The summed E-state index contributed by atoms with van der Waals surface area (Å²) in [7, 11) is 1.82. The molecule has 25 heavy (non-hydrogen) atoms. The Bertz CT molecular complexity index is 568. The summed E-state index contributed by atoms with van der Waals surface area (Å²) < 4.78 is 5.75. The molecule has 138 valence electrons. The fourth-order valence-electron chi connectivity index (χ4n) is 5.90. The van der Waals surface area contributed by atoms with E-state index in [0.29, 0.717) is 10.8 Å². The molecule has 1 aromatic rings. The van der Waals surface area contributed by atoms with Crippen molar-refractivity contribution in [3.8, 4) is 5.75 Å². The maximum absolute atomic E-state index is 5.75. The van der Waals surface area contributed by atoms with Gasteiger partial charge in [0.25, 0.3) is 0 Å². The molecule has 1 atom stereocenters. The second-order valence-corrected chi connectivity index (χ2v) is 8.78. The molecule has 1 spiro atoms. The maximum Gasteiger partial charge on any atom is 0.122 e. The van der Waals surface area contributed by atoms with Gasteiger partial charge in [-0.25, -0.2) is 0 Å². The lowest BCUT2D eigenvalue weighted by atomic mass is 9.72. The van der Waals surface area contributed by atoms with Gasteiger partial charge in [-0.2, -0.15) is 0 Å². The number of likely N-dealkylation sites (tertiary alicyclic amines) is 1. The molecule has 3 aliphatic rings. The summed E-state index contributed by atoms with van der Waals surface area (Å²) in [6, 6.07) is 8.78. The Morgan fingerprint density at radius 2 is 1.84 bits per heavy atom. The van der Waals surface area contributed by atoms with Gasteiger partial charge in [0.2, 0.25) is 0 Å². The average Bonchev–Trinajstić information content (AvgIpc) is 3.12. The van der Waals surface area contributed by atoms with E-state index in [1.165, 1.54) is 89.7 Å². The molecule has 3 nitrogen and oxygen atoms in total. The van der Waals surface area contributed by atoms with Crippen molar-refractivity contribution in [3.05, 3.63) is 29.8 Å². The molecular formula is C22H34N2O. The molecule has 3 fully saturated rings. The van der Waals surface area contributed by atoms with Gasteiger partial charge in [-0.3, -0.25) is 0 Å². The number of piperidine rings is 2. The number of ether oxygens (including phenoxy) is 1. The first-order chi connectivity index (χ1) is 12.3. The van der Waals surface area contributed by atoms with E-state index in [-0.39, 0.29) is 0 Å². The Kier molecular flexibility index (Phi) is 5.06. The van der Waals surface area contributed by atoms with Crippen molar-refractivity contribution in [1.82, 2.24) is 10.2 Å². The Labute approximate surface area is 153 Å². The molecule has 0 aromatic heterocycles. The van der Waals surface area contributed by atoms with Gasteiger partial charge in [0.1, 0.15) is 5.75 Å². The van der Waals surface area contributed by atoms with Crippen LogP contribution in [0.4, 0.5) is 0 Å². The van der Waals surface area contributed by atoms with Crippen LogP contribution in [0.1, 0.15) is 56.9 Å². The zero-order valence-corrected chi connectivity index (χ0v) is 15.9. The van der Waals surface area contributed by atoms with E-state index in [9.17, 15) is 0 Å². The van der Waals surface area contributed by atoms with Crippen LogP contribution in [0.5, 0.6) is 5.75 Å². The van der Waals surface area contributed by atoms with Crippen LogP contribution in [0.3, 0.4) is 0 Å². The van der Waals surface area contributed by atoms with Crippen LogP contribution in [0.2, 0.25) is 0 Å². The Morgan fingerprint density at radius 3 is 2.60 bits per heavy atom. The lowest BCUT2D eigenvalue weighted by molar-refractivity contribution is 0.0495. The van der Waals surface area contributed by atoms with Crippen molar-refractivity contribution in [2.24, 2.45) is 5.41 Å². The molecule has 0 bridgehead atoms. The number of nitrogens with zero attached hydrogens (tertiary/aromatic N) is 1. The SMILES string of the molecule is COc1ccccc1C1(CN2CCCC3(CCCNC3)C2)CCCC1. The number of rotatable bonds is 4. The minimum Gasteiger partial charge on any atom is -0.496 e. The van der Waals surface area contributed by atoms with Crippen LogP contribution in [0.15, 0.2) is 24.3 Å². The van der Waals surface area contributed by atoms with Gasteiger partial charge in [0.05, 0.1) is 7.11 Å². The second-order valence-electron chi connectivity index (χ2n) is 8.78. The Morgan fingerprint density at radius 1 is 1.04 bits per heavy atom. The monoisotopic (exact) mass is 342 g/mol. The minimum absolute atomic E-state index is 0.299. The molecule has 1 aliphatic carbocycles. The summed E-state index contributed by atoms with van der Waals surface area (Å²) in [5, 5.41) is 3.67. The van der Waals surface area contributed by atoms with Crippen molar-refractivity contribution in [2.75, 3.05) is 39.8 Å². The van der Waals surface area contributed by atoms with E-state index in [0.717, 1.165) is 5.75 Å². The number of methoxy groups -OCH3 is 1. The van der Waals surface area contributed by atoms with Gasteiger partial charge in [0.15, 0.2) is 0 Å². The van der Waals surface area contributed by atoms with Gasteiger partial charge in [0, 0.05) is 30.6 Å². The summed E-state index contributed by atoms with van der Waals surface area (Å²) in [6.07, 6.45) is 10.9. The Balaban J connectivity index is 1.55. The van der Waals surface area contributed by atoms with E-state index < -0.39 is 0 Å². The summed E-state index contributed by atoms with van der Waals surface area (Å²) in [6.45, 7) is 6.22. The lowest BCUT2D eigenvalue weighted by Gasteiger charge is -2.48. The molecule has 0 amide bonds. The number of para-hydroxylation sites is 1. The highest BCUT2D eigenvalue weighted by molar-refractivity contribution is 5.40. The topological polar surface area (TPSA) is 24.5 Å². The number of hydrogen-bond donors (Lipinski definition) is 1. The summed E-state index contributed by atoms with van der Waals surface area (Å²) >= 11 is 0. The van der Waals surface area contributed by atoms with Gasteiger partial charge in [-0.05, 0) is 63.1 Å². The van der Waals surface area contributed by atoms with E-state index >= 15 is 0 Å². The first-order valence-electron chi connectivity index (χ1n) is 10.3. The molecule has 3 heteroatoms. The predicted molar refractivity (Wildman–Crippen MR) is 103 cm³/mol. The molecule has 1 aromatic carbocycles. The predicted octanol–water partition coefficient (Wildman–Crippen LogP) is 3.97. The average molecular weight is 343 g/mol. The van der Waals surface area contributed by atoms with Crippen LogP contribution >= 0.6 is 0 Å². The molecule has 1 unspecified atom stereocenters. The van der Waals surface area contributed by atoms with Gasteiger partial charge < -0.3 is 15.0 Å². The fourth-order valence-corrected chi connectivity index (χ4v) is 5.90. The maximum atomic E-state index is 5.75. The van der Waals surface area contributed by atoms with Gasteiger partial charge in [-0.1, -0.05) is 31.0 Å². The standard InChI is InChI=1S/C22H34N2O/c1-25-20-9-3-2-8-19(20)22(12-4-5-13-22)18-24-15-7-11-21(17-24)10-6-14-23-16-21/h2-3,8-9,23H,4-7,10-18H2,1H3. The number of nitrogens with one attached hydrogen (secondary N) is 1. The molecule has 1 saturated carbocycles. The number of benzene rings is 1. The summed E-state index contributed by atoms with van der Waals surface area (Å²) in [4.78, 5) is 2.80. The van der Waals surface area contributed by atoms with Gasteiger partial charge >= 0.3 is 0 Å². The first kappa shape index (κ1) is 17.4. The van der Waals surface area contributed by atoms with E-state index in [4.69, 9.17) is 4.74 Å². The molecule has 0 radical (unpaired) electrons. The zero-order valence-electron chi connectivity index (χ0n) is 15.9. The molecule has 2 saturated heterocycles. The van der Waals surface area contributed by atoms with Crippen molar-refractivity contribution in [2.45, 2.75) is 56.8 Å². The fraction of sp³-hybridized carbons (Fsp3) is 0.727. The largest absolute Gasteiger partial charge is 0.496 e. The first-order valence-corrected chi connectivity index (χ1v) is 10.3. The molecule has 2 aliphatic heterocycles. The highest BCUT2D eigenvalue weighted by Crippen LogP contribution is 2.46. The van der Waals surface area contributed by atoms with Crippen molar-refractivity contribution in [3.63, 3.8) is 0 Å². The summed E-state index contributed by atoms with van der Waals surface area (Å²) in [5.74, 6) is 1.09. The van der Waals surface area contributed by atoms with Gasteiger partial charge in [-0.15, -0.1) is 0 Å². The third-order valence-corrected chi connectivity index (χ3v) is 7.07. The van der Waals surface area contributed by atoms with Crippen LogP contribution in [-0.2, 0) is 5.41 Å². The van der Waals surface area contributed by atoms with Crippen LogP contribution in [-0.4, -0.2) is 44.7 Å². The van der Waals surface area contributed by atoms with Crippen molar-refractivity contribution >= 4 is 0 Å².